The molecule has 0 saturated carbocycles. The topological polar surface area (TPSA) is 0 Å². The van der Waals surface area contributed by atoms with Gasteiger partial charge in [0.1, 0.15) is 0 Å². The predicted molar refractivity (Wildman–Crippen MR) is 73.8 cm³/mol. The molecule has 0 N–H and O–H groups in total. The van der Waals surface area contributed by atoms with E-state index in [1.807, 2.05) is 6.08 Å². The smallest absolute Gasteiger partial charge is 0.0230 e. The molecule has 0 atom stereocenters. The third kappa shape index (κ3) is 3.84. The van der Waals surface area contributed by atoms with Crippen molar-refractivity contribution in [2.45, 2.75) is 52.4 Å². The minimum Gasteiger partial charge on any atom is -0.0985 e. The molecule has 0 fully saturated rings. The lowest BCUT2D eigenvalue weighted by atomic mass is 9.97. The summed E-state index contributed by atoms with van der Waals surface area (Å²) in [7, 11) is 0. The highest BCUT2D eigenvalue weighted by Crippen LogP contribution is 2.17. The summed E-state index contributed by atoms with van der Waals surface area (Å²) in [5.74, 6) is 0. The summed E-state index contributed by atoms with van der Waals surface area (Å²) in [6.07, 6.45) is 9.49. The summed E-state index contributed by atoms with van der Waals surface area (Å²) in [6, 6.07) is 6.85. The first kappa shape index (κ1) is 13.0. The molecule has 1 aromatic carbocycles. The van der Waals surface area contributed by atoms with Gasteiger partial charge in [0, 0.05) is 0 Å². The van der Waals surface area contributed by atoms with Crippen LogP contribution >= 0.6 is 0 Å². The van der Waals surface area contributed by atoms with Crippen molar-refractivity contribution in [2.75, 3.05) is 0 Å². The van der Waals surface area contributed by atoms with E-state index >= 15 is 0 Å². The fraction of sp³-hybridized carbons (Fsp3) is 0.500. The molecule has 0 bridgehead atoms. The average Bonchev–Trinajstić information content (AvgIpc) is 2.33. The number of hydrogen-bond acceptors (Lipinski definition) is 0. The minimum atomic E-state index is 1.19. The molecule has 0 radical (unpaired) electrons. The van der Waals surface area contributed by atoms with Crippen molar-refractivity contribution in [3.05, 3.63) is 41.5 Å². The zero-order valence-corrected chi connectivity index (χ0v) is 10.8. The van der Waals surface area contributed by atoms with Crippen molar-refractivity contribution < 1.29 is 0 Å². The van der Waals surface area contributed by atoms with Gasteiger partial charge in [0.05, 0.1) is 0 Å². The van der Waals surface area contributed by atoms with Crippen LogP contribution in [0.3, 0.4) is 0 Å². The normalized spacial score (nSPS) is 10.4. The molecule has 88 valence electrons. The van der Waals surface area contributed by atoms with Crippen LogP contribution in [0.5, 0.6) is 0 Å². The van der Waals surface area contributed by atoms with Crippen LogP contribution in [0.2, 0.25) is 0 Å². The molecule has 0 saturated heterocycles. The van der Waals surface area contributed by atoms with Crippen LogP contribution < -0.4 is 0 Å². The zero-order valence-electron chi connectivity index (χ0n) is 10.8. The highest BCUT2D eigenvalue weighted by molar-refractivity contribution is 5.53. The maximum absolute atomic E-state index is 3.89. The predicted octanol–water partition coefficient (Wildman–Crippen LogP) is 5.01. The first-order chi connectivity index (χ1) is 7.81. The van der Waals surface area contributed by atoms with E-state index in [-0.39, 0.29) is 0 Å². The Kier molecular flexibility index (Phi) is 5.92. The summed E-state index contributed by atoms with van der Waals surface area (Å²) in [5, 5.41) is 0. The van der Waals surface area contributed by atoms with Gasteiger partial charge < -0.3 is 0 Å². The number of rotatable bonds is 7. The molecule has 1 rings (SSSR count). The first-order valence-corrected chi connectivity index (χ1v) is 6.56. The molecule has 16 heavy (non-hydrogen) atoms. The Balaban J connectivity index is 2.78. The quantitative estimate of drug-likeness (QED) is 0.600. The highest BCUT2D eigenvalue weighted by atomic mass is 14.1. The van der Waals surface area contributed by atoms with Crippen LogP contribution in [-0.4, -0.2) is 0 Å². The van der Waals surface area contributed by atoms with Gasteiger partial charge in [-0.2, -0.15) is 0 Å². The van der Waals surface area contributed by atoms with Crippen molar-refractivity contribution in [3.8, 4) is 0 Å². The largest absolute Gasteiger partial charge is 0.0985 e. The Labute approximate surface area is 100 Å². The Morgan fingerprint density at radius 2 is 1.75 bits per heavy atom. The molecule has 0 aliphatic carbocycles. The van der Waals surface area contributed by atoms with E-state index in [0.29, 0.717) is 0 Å². The molecule has 0 aliphatic rings. The Hall–Kier alpha value is -1.04. The van der Waals surface area contributed by atoms with Gasteiger partial charge in [-0.05, 0) is 42.4 Å². The number of benzene rings is 1. The SMILES string of the molecule is C=Cc1ccc(CCCC)cc1CCCC. The maximum Gasteiger partial charge on any atom is -0.0230 e. The minimum absolute atomic E-state index is 1.19. The summed E-state index contributed by atoms with van der Waals surface area (Å²) >= 11 is 0. The van der Waals surface area contributed by atoms with Crippen LogP contribution in [0.15, 0.2) is 24.8 Å². The molecule has 0 spiro atoms. The Morgan fingerprint density at radius 3 is 2.38 bits per heavy atom. The van der Waals surface area contributed by atoms with Gasteiger partial charge >= 0.3 is 0 Å². The number of hydrogen-bond donors (Lipinski definition) is 0. The lowest BCUT2D eigenvalue weighted by molar-refractivity contribution is 0.780. The molecule has 0 unspecified atom stereocenters. The van der Waals surface area contributed by atoms with E-state index in [0.717, 1.165) is 0 Å². The van der Waals surface area contributed by atoms with Crippen LogP contribution in [0.4, 0.5) is 0 Å². The van der Waals surface area contributed by atoms with Crippen molar-refractivity contribution >= 4 is 6.08 Å². The average molecular weight is 216 g/mol. The second-order valence-corrected chi connectivity index (χ2v) is 4.44. The van der Waals surface area contributed by atoms with Crippen molar-refractivity contribution in [1.29, 1.82) is 0 Å². The number of aryl methyl sites for hydroxylation is 2. The third-order valence-corrected chi connectivity index (χ3v) is 3.05. The van der Waals surface area contributed by atoms with E-state index in [2.05, 4.69) is 38.6 Å². The number of unbranched alkanes of at least 4 members (excludes halogenated alkanes) is 2. The van der Waals surface area contributed by atoms with Crippen molar-refractivity contribution in [3.63, 3.8) is 0 Å². The summed E-state index contributed by atoms with van der Waals surface area (Å²) in [6.45, 7) is 8.38. The molecule has 0 amide bonds. The second kappa shape index (κ2) is 7.27. The molecule has 0 nitrogen and oxygen atoms in total. The molecule has 0 aliphatic heterocycles. The summed E-state index contributed by atoms with van der Waals surface area (Å²) in [4.78, 5) is 0. The van der Waals surface area contributed by atoms with Gasteiger partial charge in [-0.3, -0.25) is 0 Å². The van der Waals surface area contributed by atoms with Gasteiger partial charge in [0.25, 0.3) is 0 Å². The van der Waals surface area contributed by atoms with Gasteiger partial charge in [0.15, 0.2) is 0 Å². The first-order valence-electron chi connectivity index (χ1n) is 6.56. The summed E-state index contributed by atoms with van der Waals surface area (Å²) < 4.78 is 0. The van der Waals surface area contributed by atoms with Crippen LogP contribution in [0.25, 0.3) is 6.08 Å². The van der Waals surface area contributed by atoms with Gasteiger partial charge in [-0.1, -0.05) is 57.5 Å². The monoisotopic (exact) mass is 216 g/mol. The third-order valence-electron chi connectivity index (χ3n) is 3.05. The van der Waals surface area contributed by atoms with Gasteiger partial charge in [0.2, 0.25) is 0 Å². The zero-order chi connectivity index (χ0) is 11.8. The van der Waals surface area contributed by atoms with Crippen molar-refractivity contribution in [2.24, 2.45) is 0 Å². The standard InChI is InChI=1S/C16H24/c1-4-7-9-14-11-12-15(6-3)16(13-14)10-8-5-2/h6,11-13H,3-5,7-10H2,1-2H3. The summed E-state index contributed by atoms with van der Waals surface area (Å²) in [5.41, 5.74) is 4.28. The van der Waals surface area contributed by atoms with Crippen LogP contribution in [-0.2, 0) is 12.8 Å². The maximum atomic E-state index is 3.89. The molecule has 1 aromatic rings. The van der Waals surface area contributed by atoms with E-state index in [1.54, 1.807) is 0 Å². The molecular weight excluding hydrogens is 192 g/mol. The lowest BCUT2D eigenvalue weighted by Crippen LogP contribution is -1.93. The Morgan fingerprint density at radius 1 is 1.06 bits per heavy atom. The molecule has 0 heteroatoms. The van der Waals surface area contributed by atoms with Crippen LogP contribution in [0.1, 0.15) is 56.2 Å². The van der Waals surface area contributed by atoms with Crippen LogP contribution in [0, 0.1) is 0 Å². The van der Waals surface area contributed by atoms with Gasteiger partial charge in [-0.15, -0.1) is 0 Å². The van der Waals surface area contributed by atoms with E-state index < -0.39 is 0 Å². The van der Waals surface area contributed by atoms with Gasteiger partial charge in [-0.25, -0.2) is 0 Å². The van der Waals surface area contributed by atoms with Crippen molar-refractivity contribution in [1.82, 2.24) is 0 Å². The molecular formula is C16H24. The highest BCUT2D eigenvalue weighted by Gasteiger charge is 2.01. The molecule has 0 aromatic heterocycles. The second-order valence-electron chi connectivity index (χ2n) is 4.44. The van der Waals surface area contributed by atoms with E-state index in [1.165, 1.54) is 55.2 Å². The lowest BCUT2D eigenvalue weighted by Gasteiger charge is -2.08. The Bertz CT molecular complexity index is 323. The fourth-order valence-electron chi connectivity index (χ4n) is 1.98. The van der Waals surface area contributed by atoms with E-state index in [4.69, 9.17) is 0 Å². The van der Waals surface area contributed by atoms with E-state index in [9.17, 15) is 0 Å². The molecule has 0 heterocycles. The fourth-order valence-corrected chi connectivity index (χ4v) is 1.98.